The van der Waals surface area contributed by atoms with Gasteiger partial charge in [0, 0.05) is 24.7 Å². The number of nitrogens with zero attached hydrogens (tertiary/aromatic N) is 6. The molecule has 4 aromatic rings. The van der Waals surface area contributed by atoms with Crippen LogP contribution in [-0.4, -0.2) is 48.6 Å². The van der Waals surface area contributed by atoms with Gasteiger partial charge in [0.1, 0.15) is 5.82 Å². The van der Waals surface area contributed by atoms with E-state index in [0.29, 0.717) is 30.7 Å². The maximum absolute atomic E-state index is 14.3. The third kappa shape index (κ3) is 4.38. The third-order valence-electron chi connectivity index (χ3n) is 5.72. The van der Waals surface area contributed by atoms with Gasteiger partial charge in [0.25, 0.3) is 5.78 Å². The zero-order valence-electron chi connectivity index (χ0n) is 17.8. The summed E-state index contributed by atoms with van der Waals surface area (Å²) in [5.41, 5.74) is 5.22. The summed E-state index contributed by atoms with van der Waals surface area (Å²) in [7, 11) is 0. The number of hydrogen-bond acceptors (Lipinski definition) is 8. The number of alkyl halides is 3. The number of aromatic nitrogens is 5. The van der Waals surface area contributed by atoms with Gasteiger partial charge in [-0.1, -0.05) is 6.07 Å². The van der Waals surface area contributed by atoms with Gasteiger partial charge in [-0.2, -0.15) is 32.6 Å². The average molecular weight is 476 g/mol. The summed E-state index contributed by atoms with van der Waals surface area (Å²) < 4.78 is 59.3. The first-order chi connectivity index (χ1) is 16.3. The lowest BCUT2D eigenvalue weighted by atomic mass is 10.1. The second-order valence-corrected chi connectivity index (χ2v) is 7.98. The van der Waals surface area contributed by atoms with E-state index in [4.69, 9.17) is 10.2 Å². The van der Waals surface area contributed by atoms with Gasteiger partial charge in [0.05, 0.1) is 11.8 Å². The molecule has 5 rings (SSSR count). The van der Waals surface area contributed by atoms with Crippen molar-refractivity contribution in [2.45, 2.75) is 31.6 Å². The van der Waals surface area contributed by atoms with Crippen molar-refractivity contribution in [3.8, 4) is 11.6 Å². The highest BCUT2D eigenvalue weighted by molar-refractivity contribution is 5.52. The van der Waals surface area contributed by atoms with Gasteiger partial charge in [-0.15, -0.1) is 5.10 Å². The van der Waals surface area contributed by atoms with Crippen LogP contribution in [0.15, 0.2) is 41.0 Å². The van der Waals surface area contributed by atoms with Gasteiger partial charge in [0.2, 0.25) is 17.7 Å². The molecule has 0 amide bonds. The molecule has 4 heterocycles. The molecule has 9 nitrogen and oxygen atoms in total. The van der Waals surface area contributed by atoms with Crippen molar-refractivity contribution >= 4 is 17.7 Å². The number of nitrogen functional groups attached to an aromatic ring is 1. The summed E-state index contributed by atoms with van der Waals surface area (Å²) in [6, 6.07) is 6.09. The molecular formula is C21H20F4N8O. The number of rotatable bonds is 6. The Morgan fingerprint density at radius 3 is 2.76 bits per heavy atom. The summed E-state index contributed by atoms with van der Waals surface area (Å²) in [6.45, 7) is 1.34. The van der Waals surface area contributed by atoms with Gasteiger partial charge >= 0.3 is 6.18 Å². The highest BCUT2D eigenvalue weighted by atomic mass is 19.4. The lowest BCUT2D eigenvalue weighted by Gasteiger charge is -2.25. The number of benzene rings is 1. The van der Waals surface area contributed by atoms with Crippen molar-refractivity contribution in [2.24, 2.45) is 0 Å². The minimum absolute atomic E-state index is 0.0132. The summed E-state index contributed by atoms with van der Waals surface area (Å²) in [5, 5.41) is 7.37. The molecule has 0 spiro atoms. The molecule has 34 heavy (non-hydrogen) atoms. The fourth-order valence-corrected chi connectivity index (χ4v) is 4.01. The monoisotopic (exact) mass is 476 g/mol. The highest BCUT2D eigenvalue weighted by Crippen LogP contribution is 2.31. The molecule has 0 saturated carbocycles. The fourth-order valence-electron chi connectivity index (χ4n) is 4.01. The Morgan fingerprint density at radius 1 is 1.18 bits per heavy atom. The molecule has 3 aromatic heterocycles. The molecule has 1 fully saturated rings. The first kappa shape index (κ1) is 22.1. The minimum Gasteiger partial charge on any atom is -0.461 e. The molecule has 0 radical (unpaired) electrons. The topological polar surface area (TPSA) is 110 Å². The standard InChI is InChI=1S/C21H20F4N8O/c22-15-9-13(21(23,24)25)6-5-12(15)11-32-7-1-3-14(32)10-27-19-29-18(26)33-20(30-19)28-17(31-33)16-4-2-8-34-16/h2,4-6,8-9,14H,1,3,7,10-11H2,(H3,26,27,28,29,30,31)/t14-/m1/s1. The van der Waals surface area contributed by atoms with Crippen molar-refractivity contribution in [3.63, 3.8) is 0 Å². The molecular weight excluding hydrogens is 456 g/mol. The largest absolute Gasteiger partial charge is 0.461 e. The van der Waals surface area contributed by atoms with Crippen molar-refractivity contribution in [1.29, 1.82) is 0 Å². The Kier molecular flexibility index (Phi) is 5.55. The number of hydrogen-bond donors (Lipinski definition) is 2. The quantitative estimate of drug-likeness (QED) is 0.406. The van der Waals surface area contributed by atoms with Gasteiger partial charge < -0.3 is 15.5 Å². The maximum atomic E-state index is 14.3. The van der Waals surface area contributed by atoms with E-state index in [2.05, 4.69) is 25.4 Å². The SMILES string of the molecule is Nc1nc(NC[C@H]2CCCN2Cc2ccc(C(F)(F)F)cc2F)nc2nc(-c3ccco3)nn12. The summed E-state index contributed by atoms with van der Waals surface area (Å²) >= 11 is 0. The van der Waals surface area contributed by atoms with E-state index in [1.807, 2.05) is 4.90 Å². The number of fused-ring (bicyclic) bond motifs is 1. The highest BCUT2D eigenvalue weighted by Gasteiger charge is 2.32. The maximum Gasteiger partial charge on any atom is 0.416 e. The second kappa shape index (κ2) is 8.56. The number of likely N-dealkylation sites (tertiary alicyclic amines) is 1. The zero-order chi connectivity index (χ0) is 23.9. The van der Waals surface area contributed by atoms with Crippen LogP contribution in [-0.2, 0) is 12.7 Å². The number of nitrogens with one attached hydrogen (secondary N) is 1. The summed E-state index contributed by atoms with van der Waals surface area (Å²) in [6.07, 6.45) is -1.35. The molecule has 0 aliphatic carbocycles. The predicted octanol–water partition coefficient (Wildman–Crippen LogP) is 3.60. The first-order valence-electron chi connectivity index (χ1n) is 10.6. The average Bonchev–Trinajstić information content (AvgIpc) is 3.53. The first-order valence-corrected chi connectivity index (χ1v) is 10.6. The van der Waals surface area contributed by atoms with Crippen LogP contribution in [0, 0.1) is 5.82 Å². The fraction of sp³-hybridized carbons (Fsp3) is 0.333. The molecule has 1 aromatic carbocycles. The van der Waals surface area contributed by atoms with E-state index >= 15 is 0 Å². The van der Waals surface area contributed by atoms with E-state index in [0.717, 1.165) is 18.9 Å². The molecule has 1 atom stereocenters. The summed E-state index contributed by atoms with van der Waals surface area (Å²) in [4.78, 5) is 14.9. The lowest BCUT2D eigenvalue weighted by Crippen LogP contribution is -2.35. The van der Waals surface area contributed by atoms with Gasteiger partial charge in [-0.25, -0.2) is 4.39 Å². The van der Waals surface area contributed by atoms with Gasteiger partial charge in [-0.05, 0) is 43.7 Å². The van der Waals surface area contributed by atoms with E-state index < -0.39 is 17.6 Å². The Hall–Kier alpha value is -3.74. The van der Waals surface area contributed by atoms with Crippen LogP contribution >= 0.6 is 0 Å². The van der Waals surface area contributed by atoms with Crippen LogP contribution < -0.4 is 11.1 Å². The van der Waals surface area contributed by atoms with E-state index in [1.165, 1.54) is 16.8 Å². The Labute approximate surface area is 190 Å². The number of furan rings is 1. The predicted molar refractivity (Wildman–Crippen MR) is 114 cm³/mol. The van der Waals surface area contributed by atoms with E-state index in [-0.39, 0.29) is 35.8 Å². The van der Waals surface area contributed by atoms with Crippen molar-refractivity contribution < 1.29 is 22.0 Å². The number of halogens is 4. The molecule has 13 heteroatoms. The van der Waals surface area contributed by atoms with Gasteiger partial charge in [-0.3, -0.25) is 4.90 Å². The molecule has 1 aliphatic heterocycles. The Balaban J connectivity index is 1.27. The minimum atomic E-state index is -4.58. The lowest BCUT2D eigenvalue weighted by molar-refractivity contribution is -0.137. The second-order valence-electron chi connectivity index (χ2n) is 7.98. The molecule has 0 bridgehead atoms. The smallest absolute Gasteiger partial charge is 0.416 e. The normalized spacial score (nSPS) is 17.0. The third-order valence-corrected chi connectivity index (χ3v) is 5.72. The molecule has 178 valence electrons. The van der Waals surface area contributed by atoms with Crippen molar-refractivity contribution in [3.05, 3.63) is 53.5 Å². The molecule has 0 unspecified atom stereocenters. The van der Waals surface area contributed by atoms with Crippen LogP contribution in [0.1, 0.15) is 24.0 Å². The van der Waals surface area contributed by atoms with Crippen LogP contribution in [0.25, 0.3) is 17.4 Å². The van der Waals surface area contributed by atoms with Crippen LogP contribution in [0.3, 0.4) is 0 Å². The van der Waals surface area contributed by atoms with E-state index in [1.54, 1.807) is 12.1 Å². The van der Waals surface area contributed by atoms with Crippen LogP contribution in [0.5, 0.6) is 0 Å². The Morgan fingerprint density at radius 2 is 2.03 bits per heavy atom. The zero-order valence-corrected chi connectivity index (χ0v) is 17.8. The van der Waals surface area contributed by atoms with Crippen LogP contribution in [0.2, 0.25) is 0 Å². The summed E-state index contributed by atoms with van der Waals surface area (Å²) in [5.74, 6) is 0.523. The molecule has 1 saturated heterocycles. The Bertz CT molecular complexity index is 1300. The van der Waals surface area contributed by atoms with E-state index in [9.17, 15) is 17.6 Å². The number of nitrogens with two attached hydrogens (primary N) is 1. The number of anilines is 2. The molecule has 1 aliphatic rings. The van der Waals surface area contributed by atoms with Crippen LogP contribution in [0.4, 0.5) is 29.5 Å². The van der Waals surface area contributed by atoms with Crippen molar-refractivity contribution in [1.82, 2.24) is 29.5 Å². The van der Waals surface area contributed by atoms with Gasteiger partial charge in [0.15, 0.2) is 5.76 Å². The molecule has 3 N–H and O–H groups in total. The van der Waals surface area contributed by atoms with Crippen molar-refractivity contribution in [2.75, 3.05) is 24.1 Å².